The zero-order chi connectivity index (χ0) is 2.00. The van der Waals surface area contributed by atoms with Gasteiger partial charge in [0.25, 0.3) is 0 Å². The Hall–Kier alpha value is 2.58. The van der Waals surface area contributed by atoms with Crippen LogP contribution in [0.2, 0.25) is 0 Å². The van der Waals surface area contributed by atoms with Crippen LogP contribution in [-0.2, 0) is 19.5 Å². The maximum absolute atomic E-state index is 4.17. The first-order valence-corrected chi connectivity index (χ1v) is 4.11. The van der Waals surface area contributed by atoms with Gasteiger partial charge in [0.2, 0.25) is 0 Å². The Kier molecular flexibility index (Phi) is 70.2. The standard InChI is InChI=1S/Pb.S.Sb.Zn.3H. The molecule has 4 heteroatoms. The second-order valence-electron chi connectivity index (χ2n) is 0. The van der Waals surface area contributed by atoms with Gasteiger partial charge < -0.3 is 0 Å². The van der Waals surface area contributed by atoms with Gasteiger partial charge in [0.1, 0.15) is 0 Å². The molecular weight excluding hydrogens is 426 g/mol. The predicted molar refractivity (Wildman–Crippen MR) is 23.3 cm³/mol. The fourth-order valence-corrected chi connectivity index (χ4v) is 0. The summed E-state index contributed by atoms with van der Waals surface area (Å²) < 4.78 is 0. The number of hydrogen-bond acceptors (Lipinski definition) is 1. The summed E-state index contributed by atoms with van der Waals surface area (Å²) in [5.41, 5.74) is 0. The van der Waals surface area contributed by atoms with Gasteiger partial charge >= 0.3 is 57.5 Å². The third kappa shape index (κ3) is 8.82. The van der Waals surface area contributed by atoms with E-state index in [-0.39, 0.29) is 46.8 Å². The molecule has 0 aliphatic heterocycles. The van der Waals surface area contributed by atoms with Gasteiger partial charge in [-0.05, 0) is 0 Å². The summed E-state index contributed by atoms with van der Waals surface area (Å²) in [4.78, 5) is 0. The third-order valence-electron chi connectivity index (χ3n) is 0. The van der Waals surface area contributed by atoms with E-state index in [9.17, 15) is 0 Å². The molecule has 2 radical (unpaired) electrons. The molecule has 0 amide bonds. The molecule has 0 aromatic heterocycles. The van der Waals surface area contributed by atoms with Crippen molar-refractivity contribution in [1.82, 2.24) is 0 Å². The maximum atomic E-state index is 4.17. The van der Waals surface area contributed by atoms with E-state index in [1.54, 1.807) is 0 Å². The van der Waals surface area contributed by atoms with E-state index in [0.717, 1.165) is 21.1 Å². The van der Waals surface area contributed by atoms with Crippen molar-refractivity contribution in [3.05, 3.63) is 0 Å². The van der Waals surface area contributed by atoms with Crippen LogP contribution in [0.25, 0.3) is 0 Å². The molecule has 0 fully saturated rings. The van der Waals surface area contributed by atoms with E-state index in [1.165, 1.54) is 0 Å². The van der Waals surface area contributed by atoms with Crippen molar-refractivity contribution in [2.75, 3.05) is 0 Å². The molecule has 0 bridgehead atoms. The van der Waals surface area contributed by atoms with E-state index in [1.807, 2.05) is 0 Å². The van der Waals surface area contributed by atoms with Crippen LogP contribution in [0.3, 0.4) is 0 Å². The first-order chi connectivity index (χ1) is 1.00. The quantitative estimate of drug-likeness (QED) is 0.449. The summed E-state index contributed by atoms with van der Waals surface area (Å²) in [6, 6.07) is 0. The van der Waals surface area contributed by atoms with E-state index >= 15 is 0 Å². The largest absolute Gasteiger partial charge is 0 e. The van der Waals surface area contributed by atoms with Gasteiger partial charge in [-0.1, -0.05) is 0 Å². The van der Waals surface area contributed by atoms with Crippen molar-refractivity contribution in [1.29, 1.82) is 0 Å². The Labute approximate surface area is 75.6 Å². The number of hydrogen-bond donors (Lipinski definition) is 0. The molecule has 0 nitrogen and oxygen atoms in total. The molecule has 0 spiro atoms. The molecule has 0 aromatic carbocycles. The zero-order valence-corrected chi connectivity index (χ0v) is 14.5. The second-order valence-corrected chi connectivity index (χ2v) is 0. The molecule has 0 heterocycles. The summed E-state index contributed by atoms with van der Waals surface area (Å²) in [5, 5.41) is 0. The third-order valence-corrected chi connectivity index (χ3v) is 0. The first-order valence-electron chi connectivity index (χ1n) is 0.204. The van der Waals surface area contributed by atoms with Gasteiger partial charge in [0.15, 0.2) is 0 Å². The van der Waals surface area contributed by atoms with E-state index in [2.05, 4.69) is 9.19 Å². The Morgan fingerprint density at radius 3 is 1.25 bits per heavy atom. The smallest absolute Gasteiger partial charge is 0 e. The maximum Gasteiger partial charge on any atom is 0 e. The van der Waals surface area contributed by atoms with Gasteiger partial charge in [-0.2, -0.15) is 0 Å². The van der Waals surface area contributed by atoms with Crippen LogP contribution in [0, 0.1) is 0 Å². The molecule has 0 unspecified atom stereocenters. The van der Waals surface area contributed by atoms with Crippen molar-refractivity contribution in [3.63, 3.8) is 0 Å². The molecule has 0 aromatic rings. The van der Waals surface area contributed by atoms with Crippen LogP contribution in [0.4, 0.5) is 0 Å². The van der Waals surface area contributed by atoms with Crippen LogP contribution >= 0.6 is 9.19 Å². The van der Waals surface area contributed by atoms with Crippen molar-refractivity contribution >= 4 is 57.5 Å². The Morgan fingerprint density at radius 2 is 1.25 bits per heavy atom. The van der Waals surface area contributed by atoms with Gasteiger partial charge in [-0.15, -0.1) is 0 Å². The fourth-order valence-electron chi connectivity index (χ4n) is 0. The molecule has 0 aliphatic carbocycles. The molecule has 0 aliphatic rings. The van der Waals surface area contributed by atoms with E-state index < -0.39 is 0 Å². The summed E-state index contributed by atoms with van der Waals surface area (Å²) >= 11 is 1.13. The zero-order valence-electron chi connectivity index (χ0n) is 2.32. The van der Waals surface area contributed by atoms with Crippen molar-refractivity contribution in [2.24, 2.45) is 0 Å². The molecule has 0 saturated carbocycles. The molecule has 0 N–H and O–H groups in total. The minimum atomic E-state index is 0. The normalized spacial score (nSPS) is 1.00. The average Bonchev–Trinajstić information content (AvgIpc) is 1.00. The Balaban J connectivity index is -0.00000000500. The van der Waals surface area contributed by atoms with Gasteiger partial charge in [0.05, 0.1) is 0 Å². The van der Waals surface area contributed by atoms with Crippen molar-refractivity contribution in [2.45, 2.75) is 0 Å². The topological polar surface area (TPSA) is 0 Å². The summed E-state index contributed by atoms with van der Waals surface area (Å²) in [5.74, 6) is 0. The van der Waals surface area contributed by atoms with Gasteiger partial charge in [0, 0.05) is 19.5 Å². The predicted octanol–water partition coefficient (Wildman–Crippen LogP) is -0.919. The Morgan fingerprint density at radius 1 is 1.25 bits per heavy atom. The first kappa shape index (κ1) is 16.0. The molecule has 0 saturated heterocycles. The molecule has 20 valence electrons. The Bertz CT molecular complexity index is 8.00. The van der Waals surface area contributed by atoms with Crippen LogP contribution < -0.4 is 0 Å². The molecule has 0 atom stereocenters. The monoisotopic (exact) mass is 428 g/mol. The molecular formula is H3PbSSbZn. The summed E-state index contributed by atoms with van der Waals surface area (Å²) in [6.07, 6.45) is 0. The van der Waals surface area contributed by atoms with Crippen LogP contribution in [-0.4, -0.2) is 48.4 Å². The number of rotatable bonds is 0. The van der Waals surface area contributed by atoms with Crippen LogP contribution in [0.5, 0.6) is 0 Å². The van der Waals surface area contributed by atoms with Crippen LogP contribution in [0.1, 0.15) is 0 Å². The SMILES string of the molecule is [PbH2].[S]=[SbH].[Zn]. The average molecular weight is 429 g/mol. The fraction of sp³-hybridized carbons (Fsp3) is 0. The summed E-state index contributed by atoms with van der Waals surface area (Å²) in [7, 11) is 4.17. The van der Waals surface area contributed by atoms with Crippen molar-refractivity contribution < 1.29 is 19.5 Å². The summed E-state index contributed by atoms with van der Waals surface area (Å²) in [6.45, 7) is 0. The van der Waals surface area contributed by atoms with Gasteiger partial charge in [-0.3, -0.25) is 0 Å². The van der Waals surface area contributed by atoms with Gasteiger partial charge in [-0.25, -0.2) is 0 Å². The minimum Gasteiger partial charge on any atom is 0 e. The van der Waals surface area contributed by atoms with Crippen molar-refractivity contribution in [3.8, 4) is 0 Å². The minimum absolute atomic E-state index is 0. The molecule has 4 heavy (non-hydrogen) atoms. The van der Waals surface area contributed by atoms with Crippen LogP contribution in [0.15, 0.2) is 0 Å². The second kappa shape index (κ2) is 17.6. The van der Waals surface area contributed by atoms with E-state index in [0.29, 0.717) is 0 Å². The van der Waals surface area contributed by atoms with E-state index in [4.69, 9.17) is 0 Å². The molecule has 0 rings (SSSR count).